The van der Waals surface area contributed by atoms with Crippen LogP contribution < -0.4 is 0 Å². The molecule has 1 atom stereocenters. The van der Waals surface area contributed by atoms with Crippen LogP contribution in [0.1, 0.15) is 55.4 Å². The Kier molecular flexibility index (Phi) is 7.30. The van der Waals surface area contributed by atoms with Gasteiger partial charge in [-0.3, -0.25) is 4.79 Å². The van der Waals surface area contributed by atoms with Crippen molar-refractivity contribution in [3.8, 4) is 0 Å². The van der Waals surface area contributed by atoms with E-state index in [1.54, 1.807) is 6.92 Å². The minimum atomic E-state index is -4.52. The van der Waals surface area contributed by atoms with Gasteiger partial charge in [0.05, 0.1) is 24.3 Å². The second kappa shape index (κ2) is 9.81. The molecule has 2 aromatic rings. The number of halogens is 3. The van der Waals surface area contributed by atoms with Crippen molar-refractivity contribution < 1.29 is 27.5 Å². The minimum absolute atomic E-state index is 0.0930. The largest absolute Gasteiger partial charge is 0.462 e. The van der Waals surface area contributed by atoms with Gasteiger partial charge in [-0.15, -0.1) is 0 Å². The molecule has 33 heavy (non-hydrogen) atoms. The highest BCUT2D eigenvalue weighted by Crippen LogP contribution is 2.39. The first-order valence-electron chi connectivity index (χ1n) is 10.9. The van der Waals surface area contributed by atoms with Crippen molar-refractivity contribution in [3.63, 3.8) is 0 Å². The highest BCUT2D eigenvalue weighted by atomic mass is 19.4. The van der Waals surface area contributed by atoms with Crippen LogP contribution in [0.15, 0.2) is 59.8 Å². The zero-order valence-corrected chi connectivity index (χ0v) is 19.2. The van der Waals surface area contributed by atoms with Crippen LogP contribution in [0, 0.1) is 12.8 Å². The third kappa shape index (κ3) is 5.83. The Morgan fingerprint density at radius 1 is 1.12 bits per heavy atom. The highest BCUT2D eigenvalue weighted by Gasteiger charge is 2.38. The molecule has 7 heteroatoms. The van der Waals surface area contributed by atoms with Gasteiger partial charge >= 0.3 is 12.1 Å². The average Bonchev–Trinajstić information content (AvgIpc) is 2.74. The van der Waals surface area contributed by atoms with Gasteiger partial charge in [-0.1, -0.05) is 61.9 Å². The predicted octanol–water partition coefficient (Wildman–Crippen LogP) is 6.00. The summed E-state index contributed by atoms with van der Waals surface area (Å²) in [5.41, 5.74) is 2.02. The highest BCUT2D eigenvalue weighted by molar-refractivity contribution is 5.95. The zero-order chi connectivity index (χ0) is 24.3. The van der Waals surface area contributed by atoms with Crippen molar-refractivity contribution in [2.75, 3.05) is 6.61 Å². The summed E-state index contributed by atoms with van der Waals surface area (Å²) < 4.78 is 45.4. The van der Waals surface area contributed by atoms with Gasteiger partial charge in [-0.05, 0) is 37.0 Å². The molecule has 2 aromatic carbocycles. The number of alkyl halides is 3. The smallest absolute Gasteiger partial charge is 0.416 e. The molecule has 176 valence electrons. The standard InChI is InChI=1S/C26H28F3NO3/c1-16(2)15-33-25(32)24-18(4)30(14-19-8-5-7-17(3)11-19)23(31)13-22(24)20-9-6-10-21(12-20)26(27,28)29/h5-12,16,22H,13-15H2,1-4H3. The molecule has 0 aromatic heterocycles. The Morgan fingerprint density at radius 2 is 1.82 bits per heavy atom. The summed E-state index contributed by atoms with van der Waals surface area (Å²) in [5.74, 6) is -1.58. The quantitative estimate of drug-likeness (QED) is 0.498. The average molecular weight is 460 g/mol. The van der Waals surface area contributed by atoms with Crippen molar-refractivity contribution in [3.05, 3.63) is 82.1 Å². The lowest BCUT2D eigenvalue weighted by molar-refractivity contribution is -0.141. The molecule has 0 saturated heterocycles. The van der Waals surface area contributed by atoms with E-state index < -0.39 is 23.6 Å². The molecular formula is C26H28F3NO3. The number of amides is 1. The number of ether oxygens (including phenoxy) is 1. The Morgan fingerprint density at radius 3 is 2.45 bits per heavy atom. The molecule has 0 spiro atoms. The number of carbonyl (C=O) groups excluding carboxylic acids is 2. The molecule has 0 fully saturated rings. The maximum Gasteiger partial charge on any atom is 0.416 e. The first-order valence-corrected chi connectivity index (χ1v) is 10.9. The first-order chi connectivity index (χ1) is 15.5. The number of nitrogens with zero attached hydrogens (tertiary/aromatic N) is 1. The SMILES string of the molecule is CC1=C(C(=O)OCC(C)C)C(c2cccc(C(F)(F)F)c2)CC(=O)N1Cc1cccc(C)c1. The van der Waals surface area contributed by atoms with E-state index in [2.05, 4.69) is 0 Å². The lowest BCUT2D eigenvalue weighted by Gasteiger charge is -2.35. The maximum atomic E-state index is 13.3. The Bertz CT molecular complexity index is 1070. The van der Waals surface area contributed by atoms with Crippen LogP contribution in [-0.4, -0.2) is 23.4 Å². The zero-order valence-electron chi connectivity index (χ0n) is 19.2. The molecule has 0 aliphatic carbocycles. The summed E-state index contributed by atoms with van der Waals surface area (Å²) in [5, 5.41) is 0. The molecule has 3 rings (SSSR count). The topological polar surface area (TPSA) is 46.6 Å². The molecule has 0 radical (unpaired) electrons. The predicted molar refractivity (Wildman–Crippen MR) is 119 cm³/mol. The summed E-state index contributed by atoms with van der Waals surface area (Å²) in [4.78, 5) is 27.7. The number of carbonyl (C=O) groups is 2. The number of benzene rings is 2. The van der Waals surface area contributed by atoms with Crippen LogP contribution in [0.5, 0.6) is 0 Å². The number of hydrogen-bond acceptors (Lipinski definition) is 3. The summed E-state index contributed by atoms with van der Waals surface area (Å²) in [6, 6.07) is 12.5. The van der Waals surface area contributed by atoms with Crippen molar-refractivity contribution in [2.24, 2.45) is 5.92 Å². The first kappa shape index (κ1) is 24.6. The molecule has 0 saturated carbocycles. The van der Waals surface area contributed by atoms with E-state index in [-0.39, 0.29) is 42.5 Å². The summed E-state index contributed by atoms with van der Waals surface area (Å²) >= 11 is 0. The van der Waals surface area contributed by atoms with Gasteiger partial charge in [0.25, 0.3) is 0 Å². The third-order valence-electron chi connectivity index (χ3n) is 5.63. The van der Waals surface area contributed by atoms with Gasteiger partial charge in [0.1, 0.15) is 0 Å². The van der Waals surface area contributed by atoms with Gasteiger partial charge in [-0.2, -0.15) is 13.2 Å². The van der Waals surface area contributed by atoms with E-state index in [1.165, 1.54) is 17.0 Å². The molecule has 0 bridgehead atoms. The summed E-state index contributed by atoms with van der Waals surface area (Å²) in [7, 11) is 0. The molecule has 1 aliphatic rings. The van der Waals surface area contributed by atoms with Gasteiger partial charge in [0.15, 0.2) is 0 Å². The van der Waals surface area contributed by atoms with Crippen molar-refractivity contribution >= 4 is 11.9 Å². The lowest BCUT2D eigenvalue weighted by atomic mass is 9.83. The lowest BCUT2D eigenvalue weighted by Crippen LogP contribution is -2.38. The van der Waals surface area contributed by atoms with E-state index in [4.69, 9.17) is 4.74 Å². The van der Waals surface area contributed by atoms with Crippen molar-refractivity contribution in [1.29, 1.82) is 0 Å². The molecule has 4 nitrogen and oxygen atoms in total. The Balaban J connectivity index is 2.05. The van der Waals surface area contributed by atoms with E-state index in [0.29, 0.717) is 5.70 Å². The van der Waals surface area contributed by atoms with Gasteiger partial charge < -0.3 is 9.64 Å². The fourth-order valence-electron chi connectivity index (χ4n) is 4.00. The number of esters is 1. The molecule has 1 amide bonds. The van der Waals surface area contributed by atoms with Crippen LogP contribution in [-0.2, 0) is 27.0 Å². The fourth-order valence-corrected chi connectivity index (χ4v) is 4.00. The van der Waals surface area contributed by atoms with Crippen LogP contribution in [0.3, 0.4) is 0 Å². The van der Waals surface area contributed by atoms with E-state index in [9.17, 15) is 22.8 Å². The van der Waals surface area contributed by atoms with Crippen LogP contribution in [0.25, 0.3) is 0 Å². The number of hydrogen-bond donors (Lipinski definition) is 0. The van der Waals surface area contributed by atoms with E-state index >= 15 is 0 Å². The van der Waals surface area contributed by atoms with Crippen molar-refractivity contribution in [1.82, 2.24) is 4.90 Å². The maximum absolute atomic E-state index is 13.3. The summed E-state index contributed by atoms with van der Waals surface area (Å²) in [6.45, 7) is 7.84. The third-order valence-corrected chi connectivity index (χ3v) is 5.63. The normalized spacial score (nSPS) is 17.0. The van der Waals surface area contributed by atoms with E-state index in [0.717, 1.165) is 23.3 Å². The number of allylic oxidation sites excluding steroid dienone is 1. The monoisotopic (exact) mass is 459 g/mol. The molecule has 1 unspecified atom stereocenters. The van der Waals surface area contributed by atoms with E-state index in [1.807, 2.05) is 45.0 Å². The second-order valence-corrected chi connectivity index (χ2v) is 8.84. The van der Waals surface area contributed by atoms with Crippen LogP contribution in [0.2, 0.25) is 0 Å². The number of rotatable bonds is 6. The summed E-state index contributed by atoms with van der Waals surface area (Å²) in [6.07, 6.45) is -4.64. The van der Waals surface area contributed by atoms with Crippen LogP contribution in [0.4, 0.5) is 13.2 Å². The number of aryl methyl sites for hydroxylation is 1. The van der Waals surface area contributed by atoms with Crippen molar-refractivity contribution in [2.45, 2.75) is 52.8 Å². The Hall–Kier alpha value is -3.09. The molecular weight excluding hydrogens is 431 g/mol. The molecule has 1 heterocycles. The van der Waals surface area contributed by atoms with Crippen LogP contribution >= 0.6 is 0 Å². The Labute approximate surface area is 192 Å². The minimum Gasteiger partial charge on any atom is -0.462 e. The second-order valence-electron chi connectivity index (χ2n) is 8.84. The molecule has 1 aliphatic heterocycles. The van der Waals surface area contributed by atoms with Gasteiger partial charge in [-0.25, -0.2) is 4.79 Å². The molecule has 0 N–H and O–H groups in total. The van der Waals surface area contributed by atoms with Gasteiger partial charge in [0, 0.05) is 18.0 Å². The fraction of sp³-hybridized carbons (Fsp3) is 0.385. The van der Waals surface area contributed by atoms with Gasteiger partial charge in [0.2, 0.25) is 5.91 Å².